The summed E-state index contributed by atoms with van der Waals surface area (Å²) in [6.45, 7) is 0. The summed E-state index contributed by atoms with van der Waals surface area (Å²) < 4.78 is 0. The fraction of sp³-hybridized carbons (Fsp3) is 0.308. The van der Waals surface area contributed by atoms with E-state index >= 15 is 0 Å². The summed E-state index contributed by atoms with van der Waals surface area (Å²) in [6, 6.07) is 7.98. The van der Waals surface area contributed by atoms with Crippen LogP contribution < -0.4 is 0 Å². The average molecular weight is 282 g/mol. The molecule has 1 aromatic heterocycles. The van der Waals surface area contributed by atoms with Crippen molar-refractivity contribution >= 4 is 34.7 Å². The molecule has 88 valence electrons. The molecular weight excluding hydrogens is 270 g/mol. The lowest BCUT2D eigenvalue weighted by Crippen LogP contribution is -1.82. The van der Waals surface area contributed by atoms with Gasteiger partial charge in [-0.15, -0.1) is 23.1 Å². The summed E-state index contributed by atoms with van der Waals surface area (Å²) in [4.78, 5) is 5.92. The Labute approximate surface area is 114 Å². The summed E-state index contributed by atoms with van der Waals surface area (Å²) in [5.74, 6) is 1.72. The number of hydrogen-bond acceptors (Lipinski definition) is 3. The van der Waals surface area contributed by atoms with E-state index in [0.717, 1.165) is 16.7 Å². The molecule has 0 N–H and O–H groups in total. The topological polar surface area (TPSA) is 12.9 Å². The van der Waals surface area contributed by atoms with Crippen LogP contribution in [-0.2, 0) is 5.75 Å². The Morgan fingerprint density at radius 3 is 2.76 bits per heavy atom. The van der Waals surface area contributed by atoms with Gasteiger partial charge in [-0.05, 0) is 37.1 Å². The molecule has 1 fully saturated rings. The van der Waals surface area contributed by atoms with Gasteiger partial charge in [0.1, 0.15) is 5.01 Å². The fourth-order valence-corrected chi connectivity index (χ4v) is 3.55. The van der Waals surface area contributed by atoms with Crippen molar-refractivity contribution in [2.75, 3.05) is 0 Å². The standard InChI is InChI=1S/C13H12ClNS2/c14-10-3-5-11(6-4-10)16-8-13-15-12(7-17-13)9-1-2-9/h3-7,9H,1-2,8H2. The zero-order valence-electron chi connectivity index (χ0n) is 9.23. The van der Waals surface area contributed by atoms with Gasteiger partial charge in [0.25, 0.3) is 0 Å². The summed E-state index contributed by atoms with van der Waals surface area (Å²) >= 11 is 9.45. The van der Waals surface area contributed by atoms with Gasteiger partial charge >= 0.3 is 0 Å². The minimum atomic E-state index is 0.764. The Hall–Kier alpha value is -0.510. The molecule has 1 aliphatic carbocycles. The van der Waals surface area contributed by atoms with E-state index in [9.17, 15) is 0 Å². The van der Waals surface area contributed by atoms with Crippen molar-refractivity contribution < 1.29 is 0 Å². The first kappa shape index (κ1) is 11.6. The van der Waals surface area contributed by atoms with Gasteiger partial charge in [0.2, 0.25) is 0 Å². The van der Waals surface area contributed by atoms with Crippen LogP contribution in [-0.4, -0.2) is 4.98 Å². The van der Waals surface area contributed by atoms with Gasteiger partial charge in [0.05, 0.1) is 11.4 Å². The highest BCUT2D eigenvalue weighted by Crippen LogP contribution is 2.40. The van der Waals surface area contributed by atoms with Crippen molar-refractivity contribution in [1.82, 2.24) is 4.98 Å². The molecule has 1 heterocycles. The maximum atomic E-state index is 5.85. The number of aromatic nitrogens is 1. The zero-order chi connectivity index (χ0) is 11.7. The van der Waals surface area contributed by atoms with Gasteiger partial charge in [-0.2, -0.15) is 0 Å². The van der Waals surface area contributed by atoms with Crippen molar-refractivity contribution in [3.63, 3.8) is 0 Å². The summed E-state index contributed by atoms with van der Waals surface area (Å²) in [6.07, 6.45) is 2.65. The van der Waals surface area contributed by atoms with Gasteiger partial charge in [-0.25, -0.2) is 4.98 Å². The van der Waals surface area contributed by atoms with Gasteiger partial charge in [0, 0.05) is 21.2 Å². The summed E-state index contributed by atoms with van der Waals surface area (Å²) in [5.41, 5.74) is 1.31. The maximum Gasteiger partial charge on any atom is 0.103 e. The van der Waals surface area contributed by atoms with Crippen molar-refractivity contribution in [3.05, 3.63) is 45.4 Å². The molecule has 3 rings (SSSR count). The van der Waals surface area contributed by atoms with Crippen LogP contribution in [0, 0.1) is 0 Å². The second-order valence-corrected chi connectivity index (χ2v) is 6.61. The van der Waals surface area contributed by atoms with Crippen LogP contribution in [0.1, 0.15) is 29.5 Å². The molecule has 17 heavy (non-hydrogen) atoms. The Morgan fingerprint density at radius 1 is 1.29 bits per heavy atom. The lowest BCUT2D eigenvalue weighted by atomic mass is 10.3. The normalized spacial score (nSPS) is 15.1. The van der Waals surface area contributed by atoms with Crippen molar-refractivity contribution in [2.24, 2.45) is 0 Å². The molecule has 1 aromatic carbocycles. The summed E-state index contributed by atoms with van der Waals surface area (Å²) in [7, 11) is 0. The van der Waals surface area contributed by atoms with E-state index in [4.69, 9.17) is 11.6 Å². The molecule has 0 atom stereocenters. The van der Waals surface area contributed by atoms with E-state index in [2.05, 4.69) is 22.5 Å². The SMILES string of the molecule is Clc1ccc(SCc2nc(C3CC3)cs2)cc1. The zero-order valence-corrected chi connectivity index (χ0v) is 11.6. The first-order valence-electron chi connectivity index (χ1n) is 5.64. The molecule has 0 saturated heterocycles. The first-order valence-corrected chi connectivity index (χ1v) is 7.88. The number of nitrogens with zero attached hydrogens (tertiary/aromatic N) is 1. The van der Waals surface area contributed by atoms with E-state index in [0.29, 0.717) is 0 Å². The molecule has 0 radical (unpaired) electrons. The summed E-state index contributed by atoms with van der Waals surface area (Å²) in [5, 5.41) is 4.24. The first-order chi connectivity index (χ1) is 8.31. The molecule has 1 nitrogen and oxygen atoms in total. The number of hydrogen-bond donors (Lipinski definition) is 0. The largest absolute Gasteiger partial charge is 0.245 e. The third-order valence-corrected chi connectivity index (χ3v) is 5.07. The number of halogens is 1. The van der Waals surface area contributed by atoms with E-state index < -0.39 is 0 Å². The molecule has 2 aromatic rings. The molecule has 0 unspecified atom stereocenters. The van der Waals surface area contributed by atoms with E-state index in [1.54, 1.807) is 11.3 Å². The van der Waals surface area contributed by atoms with Crippen LogP contribution in [0.25, 0.3) is 0 Å². The highest BCUT2D eigenvalue weighted by atomic mass is 35.5. The van der Waals surface area contributed by atoms with Gasteiger partial charge in [0.15, 0.2) is 0 Å². The minimum Gasteiger partial charge on any atom is -0.245 e. The molecule has 4 heteroatoms. The quantitative estimate of drug-likeness (QED) is 0.734. The highest BCUT2D eigenvalue weighted by Gasteiger charge is 2.25. The van der Waals surface area contributed by atoms with Crippen molar-refractivity contribution in [2.45, 2.75) is 29.4 Å². The predicted molar refractivity (Wildman–Crippen MR) is 75.1 cm³/mol. The van der Waals surface area contributed by atoms with Gasteiger partial charge in [-0.1, -0.05) is 11.6 Å². The Bertz CT molecular complexity index is 502. The van der Waals surface area contributed by atoms with Crippen LogP contribution in [0.3, 0.4) is 0 Å². The maximum absolute atomic E-state index is 5.85. The molecule has 0 amide bonds. The molecule has 1 saturated carbocycles. The molecular formula is C13H12ClNS2. The fourth-order valence-electron chi connectivity index (χ4n) is 1.63. The average Bonchev–Trinajstić information content (AvgIpc) is 3.09. The van der Waals surface area contributed by atoms with Crippen LogP contribution in [0.2, 0.25) is 5.02 Å². The highest BCUT2D eigenvalue weighted by molar-refractivity contribution is 7.98. The number of thioether (sulfide) groups is 1. The third kappa shape index (κ3) is 3.03. The van der Waals surface area contributed by atoms with E-state index in [-0.39, 0.29) is 0 Å². The third-order valence-electron chi connectivity index (χ3n) is 2.74. The molecule has 0 bridgehead atoms. The molecule has 0 spiro atoms. The monoisotopic (exact) mass is 281 g/mol. The number of rotatable bonds is 4. The van der Waals surface area contributed by atoms with Crippen molar-refractivity contribution in [1.29, 1.82) is 0 Å². The Morgan fingerprint density at radius 2 is 2.06 bits per heavy atom. The van der Waals surface area contributed by atoms with Crippen LogP contribution in [0.4, 0.5) is 0 Å². The number of benzene rings is 1. The van der Waals surface area contributed by atoms with Gasteiger partial charge in [-0.3, -0.25) is 0 Å². The molecule has 0 aliphatic heterocycles. The lowest BCUT2D eigenvalue weighted by Gasteiger charge is -1.98. The lowest BCUT2D eigenvalue weighted by molar-refractivity contribution is 1.03. The van der Waals surface area contributed by atoms with Crippen LogP contribution >= 0.6 is 34.7 Å². The van der Waals surface area contributed by atoms with Crippen LogP contribution in [0.15, 0.2) is 34.5 Å². The second-order valence-electron chi connectivity index (χ2n) is 4.18. The molecule has 1 aliphatic rings. The van der Waals surface area contributed by atoms with Crippen molar-refractivity contribution in [3.8, 4) is 0 Å². The second kappa shape index (κ2) is 5.01. The Kier molecular flexibility index (Phi) is 3.41. The minimum absolute atomic E-state index is 0.764. The van der Waals surface area contributed by atoms with Crippen LogP contribution in [0.5, 0.6) is 0 Å². The number of thiazole rings is 1. The van der Waals surface area contributed by atoms with E-state index in [1.165, 1.54) is 28.4 Å². The Balaban J connectivity index is 1.60. The van der Waals surface area contributed by atoms with E-state index in [1.807, 2.05) is 23.9 Å². The smallest absolute Gasteiger partial charge is 0.103 e. The predicted octanol–water partition coefficient (Wildman–Crippen LogP) is 4.97. The van der Waals surface area contributed by atoms with Gasteiger partial charge < -0.3 is 0 Å².